The molecule has 0 bridgehead atoms. The van der Waals surface area contributed by atoms with Gasteiger partial charge in [0.05, 0.1) is 11.9 Å². The van der Waals surface area contributed by atoms with Crippen LogP contribution in [0.15, 0.2) is 53.7 Å². The van der Waals surface area contributed by atoms with Gasteiger partial charge in [0.1, 0.15) is 5.82 Å². The number of nitrogens with one attached hydrogen (secondary N) is 1. The van der Waals surface area contributed by atoms with Crippen molar-refractivity contribution in [1.82, 2.24) is 14.3 Å². The number of rotatable bonds is 7. The molecular formula is C20H21FN4OS. The van der Waals surface area contributed by atoms with Crippen LogP contribution in [0.5, 0.6) is 0 Å². The molecular weight excluding hydrogens is 363 g/mol. The maximum absolute atomic E-state index is 14.6. The van der Waals surface area contributed by atoms with Crippen LogP contribution < -0.4 is 10.3 Å². The van der Waals surface area contributed by atoms with Crippen LogP contribution in [0.1, 0.15) is 26.2 Å². The van der Waals surface area contributed by atoms with Crippen molar-refractivity contribution in [3.63, 3.8) is 0 Å². The Morgan fingerprint density at radius 3 is 2.85 bits per heavy atom. The van der Waals surface area contributed by atoms with Crippen LogP contribution in [0.2, 0.25) is 0 Å². The fraction of sp³-hybridized carbons (Fsp3) is 0.300. The summed E-state index contributed by atoms with van der Waals surface area (Å²) in [4.78, 5) is 11.9. The lowest BCUT2D eigenvalue weighted by atomic mass is 10.1. The molecule has 0 atom stereocenters. The highest BCUT2D eigenvalue weighted by atomic mass is 32.2. The highest BCUT2D eigenvalue weighted by Gasteiger charge is 2.22. The smallest absolute Gasteiger partial charge is 0.250 e. The normalized spacial score (nSPS) is 13.7. The lowest BCUT2D eigenvalue weighted by Crippen LogP contribution is -2.19. The molecule has 1 fully saturated rings. The Bertz CT molecular complexity index is 1010. The molecule has 1 aromatic carbocycles. The number of hydrogen-bond acceptors (Lipinski definition) is 4. The van der Waals surface area contributed by atoms with Crippen molar-refractivity contribution in [2.45, 2.75) is 38.0 Å². The van der Waals surface area contributed by atoms with Gasteiger partial charge >= 0.3 is 0 Å². The van der Waals surface area contributed by atoms with E-state index >= 15 is 0 Å². The van der Waals surface area contributed by atoms with E-state index in [1.807, 2.05) is 13.0 Å². The van der Waals surface area contributed by atoms with Gasteiger partial charge in [0.2, 0.25) is 0 Å². The van der Waals surface area contributed by atoms with E-state index in [9.17, 15) is 9.18 Å². The lowest BCUT2D eigenvalue weighted by Gasteiger charge is -2.07. The minimum absolute atomic E-state index is 0.0359. The van der Waals surface area contributed by atoms with Crippen LogP contribution in [-0.2, 0) is 6.54 Å². The van der Waals surface area contributed by atoms with Crippen LogP contribution in [-0.4, -0.2) is 19.6 Å². The van der Waals surface area contributed by atoms with Crippen LogP contribution >= 0.6 is 11.9 Å². The number of anilines is 1. The Morgan fingerprint density at radius 1 is 1.26 bits per heavy atom. The van der Waals surface area contributed by atoms with Gasteiger partial charge in [-0.3, -0.25) is 4.79 Å². The van der Waals surface area contributed by atoms with Crippen LogP contribution in [0.3, 0.4) is 0 Å². The molecule has 140 valence electrons. The predicted octanol–water partition coefficient (Wildman–Crippen LogP) is 4.47. The summed E-state index contributed by atoms with van der Waals surface area (Å²) < 4.78 is 21.1. The molecule has 1 N–H and O–H groups in total. The zero-order valence-corrected chi connectivity index (χ0v) is 15.9. The number of nitrogens with zero attached hydrogens (tertiary/aromatic N) is 3. The van der Waals surface area contributed by atoms with Crippen molar-refractivity contribution in [3.8, 4) is 16.8 Å². The molecule has 1 saturated carbocycles. The minimum Gasteiger partial charge on any atom is -0.329 e. The predicted molar refractivity (Wildman–Crippen MR) is 108 cm³/mol. The van der Waals surface area contributed by atoms with Gasteiger partial charge in [0.25, 0.3) is 5.56 Å². The third kappa shape index (κ3) is 4.08. The Hall–Kier alpha value is -2.54. The van der Waals surface area contributed by atoms with E-state index in [1.54, 1.807) is 51.9 Å². The average Bonchev–Trinajstić information content (AvgIpc) is 3.37. The summed E-state index contributed by atoms with van der Waals surface area (Å²) >= 11 is 1.65. The molecule has 1 aliphatic rings. The SMILES string of the molecule is CCCn1cc(-n2cc(-c3ccc(NSC4CC4)cc3F)cn2)ccc1=O. The molecule has 0 amide bonds. The first-order valence-corrected chi connectivity index (χ1v) is 9.99. The highest BCUT2D eigenvalue weighted by Crippen LogP contribution is 2.35. The summed E-state index contributed by atoms with van der Waals surface area (Å²) in [6.45, 7) is 2.68. The molecule has 2 aromatic heterocycles. The number of halogens is 1. The maximum Gasteiger partial charge on any atom is 0.250 e. The lowest BCUT2D eigenvalue weighted by molar-refractivity contribution is 0.632. The fourth-order valence-corrected chi connectivity index (χ4v) is 3.62. The number of aryl methyl sites for hydroxylation is 1. The van der Waals surface area contributed by atoms with Gasteiger partial charge in [-0.05, 0) is 55.5 Å². The number of benzene rings is 1. The summed E-state index contributed by atoms with van der Waals surface area (Å²) in [5.41, 5.74) is 2.71. The monoisotopic (exact) mass is 384 g/mol. The minimum atomic E-state index is -0.285. The summed E-state index contributed by atoms with van der Waals surface area (Å²) in [5.74, 6) is -0.285. The van der Waals surface area contributed by atoms with Gasteiger partial charge in [0, 0.05) is 47.1 Å². The van der Waals surface area contributed by atoms with Crippen LogP contribution in [0.4, 0.5) is 10.1 Å². The van der Waals surface area contributed by atoms with Crippen molar-refractivity contribution in [2.75, 3.05) is 4.72 Å². The van der Waals surface area contributed by atoms with Crippen molar-refractivity contribution >= 4 is 17.6 Å². The average molecular weight is 384 g/mol. The molecule has 1 aliphatic carbocycles. The first-order chi connectivity index (χ1) is 13.1. The largest absolute Gasteiger partial charge is 0.329 e. The molecule has 3 aromatic rings. The van der Waals surface area contributed by atoms with Gasteiger partial charge < -0.3 is 9.29 Å². The third-order valence-corrected chi connectivity index (χ3v) is 5.59. The Labute approximate surface area is 161 Å². The molecule has 0 spiro atoms. The molecule has 0 saturated heterocycles. The molecule has 0 unspecified atom stereocenters. The summed E-state index contributed by atoms with van der Waals surface area (Å²) in [7, 11) is 0. The van der Waals surface area contributed by atoms with Crippen molar-refractivity contribution in [1.29, 1.82) is 0 Å². The van der Waals surface area contributed by atoms with E-state index in [2.05, 4.69) is 9.82 Å². The zero-order chi connectivity index (χ0) is 18.8. The molecule has 5 nitrogen and oxygen atoms in total. The second-order valence-electron chi connectivity index (χ2n) is 6.71. The second kappa shape index (κ2) is 7.60. The topological polar surface area (TPSA) is 51.9 Å². The van der Waals surface area contributed by atoms with E-state index in [4.69, 9.17) is 0 Å². The van der Waals surface area contributed by atoms with Crippen LogP contribution in [0, 0.1) is 5.82 Å². The van der Waals surface area contributed by atoms with E-state index < -0.39 is 0 Å². The highest BCUT2D eigenvalue weighted by molar-refractivity contribution is 8.01. The summed E-state index contributed by atoms with van der Waals surface area (Å²) in [5, 5.41) is 4.99. The van der Waals surface area contributed by atoms with Crippen LogP contribution in [0.25, 0.3) is 16.8 Å². The Balaban J connectivity index is 1.57. The second-order valence-corrected chi connectivity index (χ2v) is 7.81. The summed E-state index contributed by atoms with van der Waals surface area (Å²) in [6.07, 6.45) is 8.52. The maximum atomic E-state index is 14.6. The molecule has 0 radical (unpaired) electrons. The standard InChI is InChI=1S/C20H21FN4OS/c1-2-9-24-13-16(4-8-20(24)26)25-12-14(11-22-25)18-7-3-15(10-19(18)21)23-27-17-5-6-17/h3-4,7-8,10-13,17,23H,2,5-6,9H2,1H3. The summed E-state index contributed by atoms with van der Waals surface area (Å²) in [6, 6.07) is 8.43. The molecule has 7 heteroatoms. The van der Waals surface area contributed by atoms with Gasteiger partial charge in [0.15, 0.2) is 0 Å². The van der Waals surface area contributed by atoms with Gasteiger partial charge in [-0.25, -0.2) is 9.07 Å². The molecule has 0 aliphatic heterocycles. The first-order valence-electron chi connectivity index (χ1n) is 9.11. The fourth-order valence-electron chi connectivity index (χ4n) is 2.82. The number of pyridine rings is 1. The quantitative estimate of drug-likeness (QED) is 0.611. The number of hydrogen-bond donors (Lipinski definition) is 1. The van der Waals surface area contributed by atoms with E-state index in [0.717, 1.165) is 17.8 Å². The van der Waals surface area contributed by atoms with Crippen molar-refractivity contribution < 1.29 is 4.39 Å². The third-order valence-electron chi connectivity index (χ3n) is 4.43. The van der Waals surface area contributed by atoms with Crippen molar-refractivity contribution in [2.24, 2.45) is 0 Å². The Kier molecular flexibility index (Phi) is 5.03. The van der Waals surface area contributed by atoms with E-state index in [-0.39, 0.29) is 11.4 Å². The Morgan fingerprint density at radius 2 is 2.11 bits per heavy atom. The molecule has 2 heterocycles. The molecule has 27 heavy (non-hydrogen) atoms. The van der Waals surface area contributed by atoms with E-state index in [0.29, 0.717) is 22.9 Å². The van der Waals surface area contributed by atoms with Gasteiger partial charge in [-0.2, -0.15) is 5.10 Å². The van der Waals surface area contributed by atoms with Gasteiger partial charge in [-0.1, -0.05) is 6.92 Å². The van der Waals surface area contributed by atoms with Gasteiger partial charge in [-0.15, -0.1) is 0 Å². The molecule has 4 rings (SSSR count). The van der Waals surface area contributed by atoms with Crippen molar-refractivity contribution in [3.05, 3.63) is 65.1 Å². The number of aromatic nitrogens is 3. The van der Waals surface area contributed by atoms with E-state index in [1.165, 1.54) is 25.0 Å². The first kappa shape index (κ1) is 17.9. The zero-order valence-electron chi connectivity index (χ0n) is 15.1.